The molecule has 0 N–H and O–H groups in total. The Morgan fingerprint density at radius 1 is 0.333 bits per heavy atom. The Hall–Kier alpha value is -7.74. The molecular formula is C59H41N. The van der Waals surface area contributed by atoms with Crippen molar-refractivity contribution >= 4 is 27.8 Å². The average molecular weight is 778 g/mol. The number of anilines is 3. The summed E-state index contributed by atoms with van der Waals surface area (Å²) in [7, 11) is 0. The maximum Gasteiger partial charge on any atom is 0.0714 e. The van der Waals surface area contributed by atoms with Gasteiger partial charge in [-0.3, -0.25) is 0 Å². The molecule has 0 radical (unpaired) electrons. The molecule has 0 unspecified atom stereocenters. The third-order valence-corrected chi connectivity index (χ3v) is 11.4. The molecule has 0 fully saturated rings. The SMILES string of the molecule is [2H]c1c([2H])c([2H])c(-c2ccc3cc(-c4ccc(N(c5ccc6c(c5)C(c5ccccc5)(c5ccccc5)c5ccccc5-6)c5c([2H])c([2H])c([2H])c(-c6c([2H])c([2H])c([2H])c([2H])c6[2H])c5[2H])cc4)ccc3c2)c([2H])c1[2H]. The van der Waals surface area contributed by atoms with Crippen LogP contribution in [0, 0.1) is 0 Å². The van der Waals surface area contributed by atoms with Gasteiger partial charge in [-0.1, -0.05) is 200 Å². The van der Waals surface area contributed by atoms with Gasteiger partial charge in [-0.15, -0.1) is 0 Å². The first kappa shape index (κ1) is 23.6. The van der Waals surface area contributed by atoms with Gasteiger partial charge in [-0.2, -0.15) is 0 Å². The fraction of sp³-hybridized carbons (Fsp3) is 0.0169. The van der Waals surface area contributed by atoms with Gasteiger partial charge in [0.2, 0.25) is 0 Å². The third kappa shape index (κ3) is 6.03. The number of hydrogen-bond donors (Lipinski definition) is 0. The molecule has 1 aliphatic rings. The van der Waals surface area contributed by atoms with Crippen LogP contribution in [0.25, 0.3) is 55.3 Å². The molecule has 282 valence electrons. The van der Waals surface area contributed by atoms with E-state index in [9.17, 15) is 4.11 Å². The molecule has 60 heavy (non-hydrogen) atoms. The average Bonchev–Trinajstić information content (AvgIpc) is 3.73. The van der Waals surface area contributed by atoms with Crippen LogP contribution in [-0.2, 0) is 5.41 Å². The lowest BCUT2D eigenvalue weighted by atomic mass is 9.67. The monoisotopic (exact) mass is 777 g/mol. The van der Waals surface area contributed by atoms with Gasteiger partial charge in [0.25, 0.3) is 0 Å². The van der Waals surface area contributed by atoms with E-state index in [0.29, 0.717) is 16.9 Å². The second-order valence-corrected chi connectivity index (χ2v) is 14.6. The minimum Gasteiger partial charge on any atom is -0.310 e. The van der Waals surface area contributed by atoms with Gasteiger partial charge in [0.05, 0.1) is 24.6 Å². The lowest BCUT2D eigenvalue weighted by Gasteiger charge is -2.35. The molecule has 11 rings (SSSR count). The normalized spacial score (nSPS) is 15.7. The second-order valence-electron chi connectivity index (χ2n) is 14.6. The molecule has 10 aromatic rings. The highest BCUT2D eigenvalue weighted by Gasteiger charge is 2.46. The van der Waals surface area contributed by atoms with Crippen molar-refractivity contribution in [2.24, 2.45) is 0 Å². The van der Waals surface area contributed by atoms with Crippen LogP contribution in [0.4, 0.5) is 17.1 Å². The Morgan fingerprint density at radius 2 is 0.850 bits per heavy atom. The molecule has 0 bridgehead atoms. The first-order chi connectivity index (χ1) is 35.6. The van der Waals surface area contributed by atoms with E-state index in [4.69, 9.17) is 15.1 Å². The van der Waals surface area contributed by atoms with Crippen LogP contribution < -0.4 is 4.90 Å². The number of benzene rings is 10. The van der Waals surface area contributed by atoms with Gasteiger partial charge < -0.3 is 4.90 Å². The molecule has 10 aromatic carbocycles. The number of fused-ring (bicyclic) bond motifs is 4. The van der Waals surface area contributed by atoms with Crippen LogP contribution in [-0.4, -0.2) is 0 Å². The van der Waals surface area contributed by atoms with Gasteiger partial charge in [0, 0.05) is 17.1 Å². The summed E-state index contributed by atoms with van der Waals surface area (Å²) < 4.78 is 122. The van der Waals surface area contributed by atoms with E-state index < -0.39 is 83.5 Å². The molecule has 1 nitrogen and oxygen atoms in total. The Morgan fingerprint density at radius 3 is 1.50 bits per heavy atom. The van der Waals surface area contributed by atoms with Gasteiger partial charge >= 0.3 is 0 Å². The Kier molecular flexibility index (Phi) is 5.86. The summed E-state index contributed by atoms with van der Waals surface area (Å²) in [6.07, 6.45) is 0. The van der Waals surface area contributed by atoms with Crippen molar-refractivity contribution in [1.82, 2.24) is 0 Å². The van der Waals surface area contributed by atoms with E-state index in [1.165, 1.54) is 0 Å². The van der Waals surface area contributed by atoms with Crippen molar-refractivity contribution in [1.29, 1.82) is 0 Å². The van der Waals surface area contributed by atoms with Crippen molar-refractivity contribution < 1.29 is 19.2 Å². The first-order valence-corrected chi connectivity index (χ1v) is 19.6. The summed E-state index contributed by atoms with van der Waals surface area (Å²) in [5.74, 6) is 0. The van der Waals surface area contributed by atoms with Crippen LogP contribution in [0.5, 0.6) is 0 Å². The van der Waals surface area contributed by atoms with Crippen molar-refractivity contribution in [2.75, 3.05) is 4.90 Å². The van der Waals surface area contributed by atoms with E-state index in [-0.39, 0.29) is 28.9 Å². The first-order valence-electron chi connectivity index (χ1n) is 26.6. The van der Waals surface area contributed by atoms with E-state index >= 15 is 0 Å². The van der Waals surface area contributed by atoms with Crippen LogP contribution in [0.15, 0.2) is 248 Å². The zero-order valence-electron chi connectivity index (χ0n) is 46.0. The molecule has 0 atom stereocenters. The van der Waals surface area contributed by atoms with Crippen LogP contribution in [0.3, 0.4) is 0 Å². The fourth-order valence-electron chi connectivity index (χ4n) is 8.70. The van der Waals surface area contributed by atoms with Crippen LogP contribution in [0.1, 0.15) is 41.4 Å². The summed E-state index contributed by atoms with van der Waals surface area (Å²) >= 11 is 0. The Balaban J connectivity index is 1.12. The molecule has 1 aliphatic carbocycles. The highest BCUT2D eigenvalue weighted by atomic mass is 15.1. The quantitative estimate of drug-likeness (QED) is 0.149. The predicted molar refractivity (Wildman–Crippen MR) is 252 cm³/mol. The molecule has 0 saturated heterocycles. The lowest BCUT2D eigenvalue weighted by molar-refractivity contribution is 0.768. The summed E-state index contributed by atoms with van der Waals surface area (Å²) in [6.45, 7) is 0. The zero-order valence-corrected chi connectivity index (χ0v) is 32.0. The summed E-state index contributed by atoms with van der Waals surface area (Å²) in [4.78, 5) is 1.68. The second kappa shape index (κ2) is 14.9. The lowest BCUT2D eigenvalue weighted by Crippen LogP contribution is -2.28. The van der Waals surface area contributed by atoms with Gasteiger partial charge in [-0.05, 0) is 126 Å². The molecule has 0 aromatic heterocycles. The standard InChI is InChI=1S/C59H41N/c1-5-16-42(17-6-1)45-20-15-25-53(40-45)60(52-34-32-44(33-35-52)47-29-31-48-38-46(28-30-49(48)39-47)43-18-7-2-8-19-43)54-36-37-56-55-26-13-14-27-57(55)59(58(56)41-54,50-21-9-3-10-22-50)51-23-11-4-12-24-51/h1-41H/i1D,2D,5D,6D,7D,8D,15D,16D,17D,18D,19D,20D,25D,40D. The zero-order chi connectivity index (χ0) is 52.1. The van der Waals surface area contributed by atoms with E-state index in [1.807, 2.05) is 115 Å². The number of rotatable bonds is 8. The molecule has 0 heterocycles. The largest absolute Gasteiger partial charge is 0.310 e. The van der Waals surface area contributed by atoms with E-state index in [1.54, 1.807) is 17.0 Å². The van der Waals surface area contributed by atoms with Crippen molar-refractivity contribution in [3.63, 3.8) is 0 Å². The van der Waals surface area contributed by atoms with Gasteiger partial charge in [0.15, 0.2) is 0 Å². The minimum atomic E-state index is -0.844. The highest BCUT2D eigenvalue weighted by Crippen LogP contribution is 2.57. The molecule has 0 spiro atoms. The Bertz CT molecular complexity index is 3860. The minimum absolute atomic E-state index is 0.114. The Labute approximate surface area is 371 Å². The summed E-state index contributed by atoms with van der Waals surface area (Å²) in [6, 6.07) is 45.9. The van der Waals surface area contributed by atoms with Gasteiger partial charge in [-0.25, -0.2) is 0 Å². The number of nitrogens with zero attached hydrogens (tertiary/aromatic N) is 1. The van der Waals surface area contributed by atoms with E-state index in [2.05, 4.69) is 36.4 Å². The maximum atomic E-state index is 9.91. The van der Waals surface area contributed by atoms with E-state index in [0.717, 1.165) is 55.3 Å². The molecule has 1 heteroatoms. The molecule has 0 amide bonds. The van der Waals surface area contributed by atoms with Gasteiger partial charge in [0.1, 0.15) is 0 Å². The smallest absolute Gasteiger partial charge is 0.0714 e. The summed E-state index contributed by atoms with van der Waals surface area (Å²) in [5.41, 5.74) is 7.37. The predicted octanol–water partition coefficient (Wildman–Crippen LogP) is 15.7. The van der Waals surface area contributed by atoms with Crippen LogP contribution in [0.2, 0.25) is 0 Å². The summed E-state index contributed by atoms with van der Waals surface area (Å²) in [5, 5.41) is 1.62. The van der Waals surface area contributed by atoms with Crippen molar-refractivity contribution in [2.45, 2.75) is 5.41 Å². The van der Waals surface area contributed by atoms with Crippen molar-refractivity contribution in [3.8, 4) is 44.5 Å². The van der Waals surface area contributed by atoms with Crippen molar-refractivity contribution in [3.05, 3.63) is 271 Å². The molecule has 0 saturated carbocycles. The topological polar surface area (TPSA) is 3.24 Å². The third-order valence-electron chi connectivity index (χ3n) is 11.4. The molecular weight excluding hydrogens is 723 g/mol. The number of hydrogen-bond acceptors (Lipinski definition) is 1. The van der Waals surface area contributed by atoms with Crippen LogP contribution >= 0.6 is 0 Å². The molecule has 0 aliphatic heterocycles. The highest BCUT2D eigenvalue weighted by molar-refractivity contribution is 5.92. The fourth-order valence-corrected chi connectivity index (χ4v) is 8.70. The maximum absolute atomic E-state index is 9.91.